The third-order valence-electron chi connectivity index (χ3n) is 1.69. The van der Waals surface area contributed by atoms with Crippen LogP contribution in [0.2, 0.25) is 0 Å². The molecule has 0 saturated heterocycles. The van der Waals surface area contributed by atoms with Crippen molar-refractivity contribution in [2.45, 2.75) is 32.0 Å². The summed E-state index contributed by atoms with van der Waals surface area (Å²) in [6, 6.07) is 0. The Labute approximate surface area is 44.2 Å². The molecule has 0 bridgehead atoms. The first-order valence-corrected chi connectivity index (χ1v) is 2.46. The number of rotatable bonds is 0. The van der Waals surface area contributed by atoms with Crippen molar-refractivity contribution in [1.29, 1.82) is 0 Å². The van der Waals surface area contributed by atoms with Gasteiger partial charge in [0.1, 0.15) is 0 Å². The highest BCUT2D eigenvalue weighted by molar-refractivity contribution is 4.98. The average Bonchev–Trinajstić information content (AvgIpc) is 1.91. The Morgan fingerprint density at radius 3 is 2.00 bits per heavy atom. The monoisotopic (exact) mass is 86.1 g/mol. The van der Waals surface area contributed by atoms with Crippen LogP contribution in [-0.2, 0) is 0 Å². The summed E-state index contributed by atoms with van der Waals surface area (Å²) in [5, 5.41) is 0. The van der Waals surface area contributed by atoms with Crippen LogP contribution in [0.25, 0.3) is 0 Å². The highest BCUT2D eigenvalue weighted by atomic mass is 14.5. The first-order valence-electron chi connectivity index (χ1n) is 4.46. The van der Waals surface area contributed by atoms with Gasteiger partial charge in [0.2, 0.25) is 0 Å². The molecule has 0 atom stereocenters. The standard InChI is InChI=1S/C6H10/c1-2-6(3-1)4-5-6/h1-5H2/i4D2,5D2. The van der Waals surface area contributed by atoms with Crippen LogP contribution in [0.5, 0.6) is 0 Å². The lowest BCUT2D eigenvalue weighted by Gasteiger charge is -2.23. The molecule has 0 aromatic carbocycles. The van der Waals surface area contributed by atoms with Gasteiger partial charge in [-0.2, -0.15) is 0 Å². The Hall–Kier alpha value is 0. The van der Waals surface area contributed by atoms with Crippen LogP contribution in [0, 0.1) is 5.41 Å². The van der Waals surface area contributed by atoms with Crippen LogP contribution < -0.4 is 0 Å². The predicted molar refractivity (Wildman–Crippen MR) is 25.5 cm³/mol. The van der Waals surface area contributed by atoms with E-state index < -0.39 is 18.2 Å². The van der Waals surface area contributed by atoms with Crippen LogP contribution in [0.15, 0.2) is 0 Å². The normalized spacial score (nSPS) is 62.7. The first kappa shape index (κ1) is 1.24. The molecule has 0 unspecified atom stereocenters. The van der Waals surface area contributed by atoms with Gasteiger partial charge in [-0.15, -0.1) is 0 Å². The second-order valence-corrected chi connectivity index (χ2v) is 2.19. The van der Waals surface area contributed by atoms with Crippen molar-refractivity contribution in [1.82, 2.24) is 0 Å². The van der Waals surface area contributed by atoms with Crippen LogP contribution in [-0.4, -0.2) is 0 Å². The minimum absolute atomic E-state index is 0.569. The van der Waals surface area contributed by atoms with Gasteiger partial charge in [-0.3, -0.25) is 0 Å². The highest BCUT2D eigenvalue weighted by Gasteiger charge is 2.46. The molecular weight excluding hydrogens is 72.1 g/mol. The van der Waals surface area contributed by atoms with Crippen molar-refractivity contribution in [3.63, 3.8) is 0 Å². The maximum Gasteiger partial charge on any atom is 0.0272 e. The Kier molecular flexibility index (Phi) is 0.137. The van der Waals surface area contributed by atoms with Gasteiger partial charge in [0.25, 0.3) is 0 Å². The maximum absolute atomic E-state index is 7.35. The average molecular weight is 86.2 g/mol. The Balaban J connectivity index is 2.30. The molecule has 2 rings (SSSR count). The highest BCUT2D eigenvalue weighted by Crippen LogP contribution is 2.60. The fourth-order valence-corrected chi connectivity index (χ4v) is 0.869. The quantitative estimate of drug-likeness (QED) is 0.422. The lowest BCUT2D eigenvalue weighted by atomic mass is 9.82. The van der Waals surface area contributed by atoms with E-state index in [-0.39, 0.29) is 0 Å². The van der Waals surface area contributed by atoms with Gasteiger partial charge in [0.05, 0.1) is 0 Å². The molecule has 0 aliphatic heterocycles. The van der Waals surface area contributed by atoms with E-state index in [1.165, 1.54) is 0 Å². The topological polar surface area (TPSA) is 0 Å². The van der Waals surface area contributed by atoms with Crippen LogP contribution >= 0.6 is 0 Å². The van der Waals surface area contributed by atoms with E-state index in [0.717, 1.165) is 19.3 Å². The molecule has 2 aliphatic rings. The molecule has 0 radical (unpaired) electrons. The smallest absolute Gasteiger partial charge is 0.0272 e. The van der Waals surface area contributed by atoms with E-state index in [9.17, 15) is 0 Å². The van der Waals surface area contributed by atoms with Gasteiger partial charge in [-0.1, -0.05) is 6.42 Å². The van der Waals surface area contributed by atoms with E-state index in [1.807, 2.05) is 0 Å². The summed E-state index contributed by atoms with van der Waals surface area (Å²) in [6.45, 7) is 0. The van der Waals surface area contributed by atoms with Crippen molar-refractivity contribution in [2.75, 3.05) is 0 Å². The van der Waals surface area contributed by atoms with E-state index in [1.54, 1.807) is 0 Å². The van der Waals surface area contributed by atoms with Crippen molar-refractivity contribution in [2.24, 2.45) is 5.41 Å². The summed E-state index contributed by atoms with van der Waals surface area (Å²) < 4.78 is 29.4. The molecule has 2 saturated carbocycles. The summed E-state index contributed by atoms with van der Waals surface area (Å²) in [7, 11) is 0. The molecule has 0 nitrogen and oxygen atoms in total. The Bertz CT molecular complexity index is 164. The molecular formula is C6H10. The Morgan fingerprint density at radius 2 is 2.00 bits per heavy atom. The SMILES string of the molecule is [2H]C1([2H])C([2H])([2H])C12CCC2. The van der Waals surface area contributed by atoms with E-state index in [0.29, 0.717) is 0 Å². The zero-order valence-electron chi connectivity index (χ0n) is 7.62. The summed E-state index contributed by atoms with van der Waals surface area (Å²) in [6.07, 6.45) is -0.574. The summed E-state index contributed by atoms with van der Waals surface area (Å²) in [4.78, 5) is 0. The van der Waals surface area contributed by atoms with Gasteiger partial charge >= 0.3 is 0 Å². The second kappa shape index (κ2) is 0.661. The first-order chi connectivity index (χ1) is 4.46. The molecule has 34 valence electrons. The van der Waals surface area contributed by atoms with E-state index in [2.05, 4.69) is 0 Å². The number of hydrogen-bond donors (Lipinski definition) is 0. The van der Waals surface area contributed by atoms with Crippen molar-refractivity contribution < 1.29 is 5.48 Å². The van der Waals surface area contributed by atoms with E-state index >= 15 is 0 Å². The molecule has 2 fully saturated rings. The van der Waals surface area contributed by atoms with Crippen LogP contribution in [0.3, 0.4) is 0 Å². The molecule has 0 heterocycles. The van der Waals surface area contributed by atoms with Crippen LogP contribution in [0.4, 0.5) is 0 Å². The van der Waals surface area contributed by atoms with Crippen LogP contribution in [0.1, 0.15) is 37.5 Å². The predicted octanol–water partition coefficient (Wildman–Crippen LogP) is 1.95. The molecule has 2 aliphatic carbocycles. The minimum atomic E-state index is -1.53. The van der Waals surface area contributed by atoms with Gasteiger partial charge in [-0.05, 0) is 31.0 Å². The molecule has 6 heavy (non-hydrogen) atoms. The van der Waals surface area contributed by atoms with Gasteiger partial charge in [0, 0.05) is 5.48 Å². The minimum Gasteiger partial charge on any atom is -0.0522 e. The largest absolute Gasteiger partial charge is 0.0522 e. The Morgan fingerprint density at radius 1 is 1.33 bits per heavy atom. The summed E-state index contributed by atoms with van der Waals surface area (Å²) >= 11 is 0. The maximum atomic E-state index is 7.35. The van der Waals surface area contributed by atoms with Gasteiger partial charge in [0.15, 0.2) is 0 Å². The van der Waals surface area contributed by atoms with Crippen molar-refractivity contribution in [3.05, 3.63) is 0 Å². The third-order valence-corrected chi connectivity index (χ3v) is 1.69. The second-order valence-electron chi connectivity index (χ2n) is 2.19. The fraction of sp³-hybridized carbons (Fsp3) is 1.00. The number of hydrogen-bond acceptors (Lipinski definition) is 0. The van der Waals surface area contributed by atoms with Gasteiger partial charge in [-0.25, -0.2) is 0 Å². The lowest BCUT2D eigenvalue weighted by molar-refractivity contribution is 0.289. The molecule has 0 heteroatoms. The molecule has 1 spiro atoms. The zero-order valence-corrected chi connectivity index (χ0v) is 3.62. The van der Waals surface area contributed by atoms with Crippen molar-refractivity contribution in [3.8, 4) is 0 Å². The molecule has 0 N–H and O–H groups in total. The molecule has 0 aromatic rings. The summed E-state index contributed by atoms with van der Waals surface area (Å²) in [5.74, 6) is 0. The lowest BCUT2D eigenvalue weighted by Crippen LogP contribution is -2.10. The third kappa shape index (κ3) is 0.213. The zero-order chi connectivity index (χ0) is 7.62. The summed E-state index contributed by atoms with van der Waals surface area (Å²) in [5.41, 5.74) is -0.569. The van der Waals surface area contributed by atoms with E-state index in [4.69, 9.17) is 5.48 Å². The molecule has 0 amide bonds. The molecule has 0 aromatic heterocycles. The van der Waals surface area contributed by atoms with Gasteiger partial charge < -0.3 is 0 Å². The van der Waals surface area contributed by atoms with Crippen molar-refractivity contribution >= 4 is 0 Å². The fourth-order valence-electron chi connectivity index (χ4n) is 0.869.